The van der Waals surface area contributed by atoms with Crippen molar-refractivity contribution in [2.75, 3.05) is 0 Å². The van der Waals surface area contributed by atoms with E-state index in [-0.39, 0.29) is 12.0 Å². The van der Waals surface area contributed by atoms with Crippen molar-refractivity contribution in [3.05, 3.63) is 29.8 Å². The molecule has 5 nitrogen and oxygen atoms in total. The minimum atomic E-state index is -1.27. The highest BCUT2D eigenvalue weighted by molar-refractivity contribution is 5.96. The summed E-state index contributed by atoms with van der Waals surface area (Å²) < 4.78 is 5.49. The van der Waals surface area contributed by atoms with Crippen LogP contribution in [0, 0.1) is 5.92 Å². The lowest BCUT2D eigenvalue weighted by Gasteiger charge is -2.21. The SMILES string of the molecule is CC(C)C[C@H](NC(=O)c1ccc(OC(C)C)cc1)C(=O)[O-]. The normalized spacial score (nSPS) is 12.3. The topological polar surface area (TPSA) is 78.5 Å². The summed E-state index contributed by atoms with van der Waals surface area (Å²) >= 11 is 0. The standard InChI is InChI=1S/C16H23NO4/c1-10(2)9-14(16(19)20)17-15(18)12-5-7-13(8-6-12)21-11(3)4/h5-8,10-11,14H,9H2,1-4H3,(H,17,18)(H,19,20)/p-1/t14-/m0/s1. The van der Waals surface area contributed by atoms with Crippen LogP contribution in [0.1, 0.15) is 44.5 Å². The van der Waals surface area contributed by atoms with Gasteiger partial charge in [0.2, 0.25) is 0 Å². The lowest BCUT2D eigenvalue weighted by molar-refractivity contribution is -0.308. The number of carboxylic acid groups (broad SMARTS) is 1. The van der Waals surface area contributed by atoms with Crippen molar-refractivity contribution < 1.29 is 19.4 Å². The molecule has 1 aromatic carbocycles. The van der Waals surface area contributed by atoms with Gasteiger partial charge in [0.25, 0.3) is 5.91 Å². The first-order valence-electron chi connectivity index (χ1n) is 7.08. The van der Waals surface area contributed by atoms with Gasteiger partial charge in [0.15, 0.2) is 0 Å². The molecule has 0 aliphatic carbocycles. The highest BCUT2D eigenvalue weighted by Gasteiger charge is 2.16. The first-order valence-corrected chi connectivity index (χ1v) is 7.08. The summed E-state index contributed by atoms with van der Waals surface area (Å²) in [5, 5.41) is 13.5. The molecule has 5 heteroatoms. The van der Waals surface area contributed by atoms with Crippen LogP contribution in [0.15, 0.2) is 24.3 Å². The molecule has 1 aromatic rings. The summed E-state index contributed by atoms with van der Waals surface area (Å²) in [5.74, 6) is -0.882. The Hall–Kier alpha value is -2.04. The minimum absolute atomic E-state index is 0.0539. The third kappa shape index (κ3) is 5.85. The van der Waals surface area contributed by atoms with Crippen LogP contribution < -0.4 is 15.2 Å². The predicted molar refractivity (Wildman–Crippen MR) is 77.9 cm³/mol. The first kappa shape index (κ1) is 17.0. The maximum Gasteiger partial charge on any atom is 0.251 e. The lowest BCUT2D eigenvalue weighted by atomic mass is 10.0. The van der Waals surface area contributed by atoms with Crippen molar-refractivity contribution in [2.45, 2.75) is 46.3 Å². The second-order valence-electron chi connectivity index (χ2n) is 5.67. The molecule has 1 rings (SSSR count). The Balaban J connectivity index is 2.71. The van der Waals surface area contributed by atoms with Crippen molar-refractivity contribution in [3.63, 3.8) is 0 Å². The third-order valence-corrected chi connectivity index (χ3v) is 2.79. The van der Waals surface area contributed by atoms with Gasteiger partial charge >= 0.3 is 0 Å². The number of hydrogen-bond donors (Lipinski definition) is 1. The monoisotopic (exact) mass is 292 g/mol. The number of hydrogen-bond acceptors (Lipinski definition) is 4. The second-order valence-corrected chi connectivity index (χ2v) is 5.67. The number of nitrogens with one attached hydrogen (secondary N) is 1. The van der Waals surface area contributed by atoms with Gasteiger partial charge in [0.1, 0.15) is 5.75 Å². The van der Waals surface area contributed by atoms with Gasteiger partial charge in [0.05, 0.1) is 18.1 Å². The van der Waals surface area contributed by atoms with Crippen LogP contribution in [0.3, 0.4) is 0 Å². The Bertz CT molecular complexity index is 480. The van der Waals surface area contributed by atoms with Crippen molar-refractivity contribution in [1.29, 1.82) is 0 Å². The molecule has 0 aromatic heterocycles. The number of ether oxygens (including phenoxy) is 1. The maximum absolute atomic E-state index is 12.0. The third-order valence-electron chi connectivity index (χ3n) is 2.79. The van der Waals surface area contributed by atoms with E-state index in [9.17, 15) is 14.7 Å². The van der Waals surface area contributed by atoms with E-state index in [1.807, 2.05) is 27.7 Å². The van der Waals surface area contributed by atoms with Crippen molar-refractivity contribution in [2.24, 2.45) is 5.92 Å². The molecule has 1 amide bonds. The van der Waals surface area contributed by atoms with Crippen LogP contribution >= 0.6 is 0 Å². The predicted octanol–water partition coefficient (Wildman–Crippen LogP) is 1.37. The zero-order valence-corrected chi connectivity index (χ0v) is 12.9. The van der Waals surface area contributed by atoms with Gasteiger partial charge < -0.3 is 20.0 Å². The highest BCUT2D eigenvalue weighted by Crippen LogP contribution is 2.14. The van der Waals surface area contributed by atoms with Gasteiger partial charge in [-0.1, -0.05) is 13.8 Å². The molecule has 0 fully saturated rings. The van der Waals surface area contributed by atoms with Crippen molar-refractivity contribution in [1.82, 2.24) is 5.32 Å². The number of carbonyl (C=O) groups is 2. The Morgan fingerprint density at radius 2 is 1.71 bits per heavy atom. The average Bonchev–Trinajstić information content (AvgIpc) is 2.37. The van der Waals surface area contributed by atoms with E-state index in [4.69, 9.17) is 4.74 Å². The molecule has 0 aliphatic heterocycles. The second kappa shape index (κ2) is 7.67. The van der Waals surface area contributed by atoms with Crippen LogP contribution in [-0.4, -0.2) is 24.0 Å². The smallest absolute Gasteiger partial charge is 0.251 e. The van der Waals surface area contributed by atoms with Gasteiger partial charge in [-0.15, -0.1) is 0 Å². The summed E-state index contributed by atoms with van der Waals surface area (Å²) in [6.07, 6.45) is 0.390. The molecule has 0 unspecified atom stereocenters. The fraction of sp³-hybridized carbons (Fsp3) is 0.500. The molecule has 1 N–H and O–H groups in total. The number of carbonyl (C=O) groups excluding carboxylic acids is 2. The van der Waals surface area contributed by atoms with Gasteiger partial charge in [0, 0.05) is 5.56 Å². The number of benzene rings is 1. The summed E-state index contributed by atoms with van der Waals surface area (Å²) in [6, 6.07) is 5.60. The van der Waals surface area contributed by atoms with Crippen LogP contribution in [0.25, 0.3) is 0 Å². The van der Waals surface area contributed by atoms with Gasteiger partial charge in [-0.2, -0.15) is 0 Å². The number of aliphatic carboxylic acids is 1. The van der Waals surface area contributed by atoms with Gasteiger partial charge in [-0.05, 0) is 50.5 Å². The molecular formula is C16H22NO4-. The molecular weight excluding hydrogens is 270 g/mol. The van der Waals surface area contributed by atoms with E-state index in [0.29, 0.717) is 17.7 Å². The summed E-state index contributed by atoms with van der Waals surface area (Å²) in [4.78, 5) is 23.1. The average molecular weight is 292 g/mol. The van der Waals surface area contributed by atoms with Crippen LogP contribution in [-0.2, 0) is 4.79 Å². The summed E-state index contributed by atoms with van der Waals surface area (Å²) in [6.45, 7) is 7.61. The van der Waals surface area contributed by atoms with E-state index in [0.717, 1.165) is 0 Å². The van der Waals surface area contributed by atoms with E-state index in [1.165, 1.54) is 0 Å². The molecule has 0 aliphatic rings. The molecule has 0 heterocycles. The van der Waals surface area contributed by atoms with Crippen LogP contribution in [0.5, 0.6) is 5.75 Å². The van der Waals surface area contributed by atoms with E-state index in [1.54, 1.807) is 24.3 Å². The maximum atomic E-state index is 12.0. The van der Waals surface area contributed by atoms with Crippen LogP contribution in [0.2, 0.25) is 0 Å². The Kier molecular flexibility index (Phi) is 6.21. The molecule has 1 atom stereocenters. The lowest BCUT2D eigenvalue weighted by Crippen LogP contribution is -2.48. The number of amides is 1. The first-order chi connectivity index (χ1) is 9.79. The molecule has 0 spiro atoms. The largest absolute Gasteiger partial charge is 0.548 e. The summed E-state index contributed by atoms with van der Waals surface area (Å²) in [7, 11) is 0. The van der Waals surface area contributed by atoms with E-state index >= 15 is 0 Å². The molecule has 0 bridgehead atoms. The minimum Gasteiger partial charge on any atom is -0.548 e. The fourth-order valence-corrected chi connectivity index (χ4v) is 1.88. The van der Waals surface area contributed by atoms with Crippen molar-refractivity contribution >= 4 is 11.9 Å². The molecule has 0 radical (unpaired) electrons. The zero-order valence-electron chi connectivity index (χ0n) is 12.9. The zero-order chi connectivity index (χ0) is 16.0. The quantitative estimate of drug-likeness (QED) is 0.823. The Morgan fingerprint density at radius 1 is 1.14 bits per heavy atom. The fourth-order valence-electron chi connectivity index (χ4n) is 1.88. The van der Waals surface area contributed by atoms with E-state index in [2.05, 4.69) is 5.32 Å². The molecule has 0 saturated heterocycles. The Labute approximate surface area is 125 Å². The van der Waals surface area contributed by atoms with Gasteiger partial charge in [-0.3, -0.25) is 4.79 Å². The van der Waals surface area contributed by atoms with Crippen molar-refractivity contribution in [3.8, 4) is 5.75 Å². The number of carboxylic acids is 1. The molecule has 116 valence electrons. The Morgan fingerprint density at radius 3 is 2.14 bits per heavy atom. The van der Waals surface area contributed by atoms with Gasteiger partial charge in [-0.25, -0.2) is 0 Å². The molecule has 21 heavy (non-hydrogen) atoms. The van der Waals surface area contributed by atoms with Crippen LogP contribution in [0.4, 0.5) is 0 Å². The number of rotatable bonds is 7. The highest BCUT2D eigenvalue weighted by atomic mass is 16.5. The molecule has 0 saturated carbocycles. The van der Waals surface area contributed by atoms with E-state index < -0.39 is 17.9 Å². The summed E-state index contributed by atoms with van der Waals surface area (Å²) in [5.41, 5.74) is 0.390.